The first-order valence-electron chi connectivity index (χ1n) is 9.11. The summed E-state index contributed by atoms with van der Waals surface area (Å²) in [5, 5.41) is 8.55. The fraction of sp³-hybridized carbons (Fsp3) is 0.789. The number of halogens is 1. The van der Waals surface area contributed by atoms with Gasteiger partial charge in [-0.05, 0) is 26.2 Å². The summed E-state index contributed by atoms with van der Waals surface area (Å²) in [5.74, 6) is -0.997. The molecule has 25 heavy (non-hydrogen) atoms. The third kappa shape index (κ3) is 17.7. The molecule has 0 atom stereocenters. The molecule has 0 spiro atoms. The summed E-state index contributed by atoms with van der Waals surface area (Å²) in [4.78, 5) is 21.7. The lowest BCUT2D eigenvalue weighted by Crippen LogP contribution is -3.00. The summed E-state index contributed by atoms with van der Waals surface area (Å²) >= 11 is 0. The minimum Gasteiger partial charge on any atom is -1.00 e. The Labute approximate surface area is 163 Å². The molecule has 0 aromatic heterocycles. The van der Waals surface area contributed by atoms with Crippen molar-refractivity contribution >= 4 is 11.9 Å². The van der Waals surface area contributed by atoms with Crippen molar-refractivity contribution in [3.8, 4) is 0 Å². The number of carboxylic acid groups (broad SMARTS) is 1. The monoisotopic (exact) mass is 421 g/mol. The summed E-state index contributed by atoms with van der Waals surface area (Å²) in [6.07, 6.45) is 9.35. The van der Waals surface area contributed by atoms with Crippen LogP contribution in [0.3, 0.4) is 0 Å². The van der Waals surface area contributed by atoms with E-state index in [1.807, 2.05) is 0 Å². The average molecular weight is 422 g/mol. The zero-order valence-electron chi connectivity index (χ0n) is 16.2. The number of quaternary nitrogens is 1. The number of carbonyl (C=O) groups is 2. The van der Waals surface area contributed by atoms with Crippen LogP contribution in [0.2, 0.25) is 0 Å². The summed E-state index contributed by atoms with van der Waals surface area (Å²) < 4.78 is 6.01. The molecule has 0 heterocycles. The number of rotatable bonds is 15. The molecule has 6 heteroatoms. The standard InChI is InChI=1S/C19H35NO4.BrH/c1-17(2)19(23)24-16-15-20(3,4)14-12-10-8-6-5-7-9-11-13-18(21)22;/h1,5-16H2,2-4H3;1H. The van der Waals surface area contributed by atoms with E-state index in [9.17, 15) is 9.59 Å². The molecular weight excluding hydrogens is 386 g/mol. The van der Waals surface area contributed by atoms with Crippen molar-refractivity contribution in [2.75, 3.05) is 33.8 Å². The molecule has 0 aromatic carbocycles. The fourth-order valence-corrected chi connectivity index (χ4v) is 2.50. The number of carbonyl (C=O) groups excluding carboxylic acids is 1. The maximum atomic E-state index is 11.3. The quantitative estimate of drug-likeness (QED) is 0.183. The molecule has 0 aliphatic carbocycles. The van der Waals surface area contributed by atoms with Crippen LogP contribution in [0.15, 0.2) is 12.2 Å². The van der Waals surface area contributed by atoms with E-state index in [-0.39, 0.29) is 23.0 Å². The average Bonchev–Trinajstić information content (AvgIpc) is 2.48. The Morgan fingerprint density at radius 1 is 0.920 bits per heavy atom. The highest BCUT2D eigenvalue weighted by atomic mass is 79.9. The van der Waals surface area contributed by atoms with Crippen LogP contribution in [0, 0.1) is 0 Å². The van der Waals surface area contributed by atoms with Gasteiger partial charge in [-0.25, -0.2) is 4.79 Å². The fourth-order valence-electron chi connectivity index (χ4n) is 2.50. The van der Waals surface area contributed by atoms with Crippen molar-refractivity contribution in [3.63, 3.8) is 0 Å². The molecule has 5 nitrogen and oxygen atoms in total. The van der Waals surface area contributed by atoms with Crippen LogP contribution in [0.1, 0.15) is 64.7 Å². The smallest absolute Gasteiger partial charge is 0.333 e. The first-order valence-corrected chi connectivity index (χ1v) is 9.11. The third-order valence-corrected chi connectivity index (χ3v) is 4.18. The van der Waals surface area contributed by atoms with E-state index < -0.39 is 5.97 Å². The number of hydrogen-bond acceptors (Lipinski definition) is 3. The molecule has 148 valence electrons. The second kappa shape index (κ2) is 15.4. The van der Waals surface area contributed by atoms with Gasteiger partial charge in [0.1, 0.15) is 13.2 Å². The Balaban J connectivity index is 0. The lowest BCUT2D eigenvalue weighted by atomic mass is 10.1. The van der Waals surface area contributed by atoms with Crippen LogP contribution >= 0.6 is 0 Å². The maximum Gasteiger partial charge on any atom is 0.333 e. The van der Waals surface area contributed by atoms with E-state index in [2.05, 4.69) is 20.7 Å². The Hall–Kier alpha value is -0.880. The van der Waals surface area contributed by atoms with Crippen LogP contribution in [0.5, 0.6) is 0 Å². The lowest BCUT2D eigenvalue weighted by molar-refractivity contribution is -0.890. The van der Waals surface area contributed by atoms with Gasteiger partial charge in [-0.1, -0.05) is 38.7 Å². The van der Waals surface area contributed by atoms with Gasteiger partial charge in [0.25, 0.3) is 0 Å². The van der Waals surface area contributed by atoms with Crippen LogP contribution in [0.25, 0.3) is 0 Å². The van der Waals surface area contributed by atoms with Gasteiger partial charge in [0.05, 0.1) is 20.6 Å². The Kier molecular flexibility index (Phi) is 16.2. The molecule has 0 aromatic rings. The molecule has 0 saturated carbocycles. The van der Waals surface area contributed by atoms with E-state index in [0.717, 1.165) is 36.8 Å². The Morgan fingerprint density at radius 2 is 1.40 bits per heavy atom. The molecular formula is C19H36BrNO4. The summed E-state index contributed by atoms with van der Waals surface area (Å²) in [5.41, 5.74) is 0.447. The number of aliphatic carboxylic acids is 1. The summed E-state index contributed by atoms with van der Waals surface area (Å²) in [6, 6.07) is 0. The van der Waals surface area contributed by atoms with Gasteiger partial charge in [-0.15, -0.1) is 0 Å². The normalized spacial score (nSPS) is 10.8. The number of esters is 1. The highest BCUT2D eigenvalue weighted by molar-refractivity contribution is 5.86. The van der Waals surface area contributed by atoms with Crippen molar-refractivity contribution in [1.82, 2.24) is 0 Å². The van der Waals surface area contributed by atoms with Crippen molar-refractivity contribution in [2.45, 2.75) is 64.7 Å². The van der Waals surface area contributed by atoms with Crippen molar-refractivity contribution in [2.24, 2.45) is 0 Å². The number of likely N-dealkylation sites (N-methyl/N-ethyl adjacent to an activating group) is 1. The predicted octanol–water partition coefficient (Wildman–Crippen LogP) is 0.782. The SMILES string of the molecule is C=C(C)C(=O)OCC[N+](C)(C)CCCCCCCCCCC(=O)O.[Br-]. The van der Waals surface area contributed by atoms with Gasteiger partial charge >= 0.3 is 11.9 Å². The van der Waals surface area contributed by atoms with Gasteiger partial charge in [0, 0.05) is 12.0 Å². The maximum absolute atomic E-state index is 11.3. The second-order valence-corrected chi connectivity index (χ2v) is 7.27. The molecule has 0 aliphatic heterocycles. The molecule has 0 fully saturated rings. The predicted molar refractivity (Wildman–Crippen MR) is 96.8 cm³/mol. The lowest BCUT2D eigenvalue weighted by Gasteiger charge is -2.29. The highest BCUT2D eigenvalue weighted by Gasteiger charge is 2.15. The molecule has 0 unspecified atom stereocenters. The summed E-state index contributed by atoms with van der Waals surface area (Å²) in [6.45, 7) is 7.58. The number of unbranched alkanes of at least 4 members (excludes halogenated alkanes) is 7. The molecule has 0 radical (unpaired) electrons. The second-order valence-electron chi connectivity index (χ2n) is 7.27. The van der Waals surface area contributed by atoms with E-state index >= 15 is 0 Å². The minimum absolute atomic E-state index is 0. The first-order chi connectivity index (χ1) is 11.2. The van der Waals surface area contributed by atoms with E-state index in [1.165, 1.54) is 32.1 Å². The van der Waals surface area contributed by atoms with Crippen molar-refractivity contribution < 1.29 is 40.9 Å². The number of hydrogen-bond donors (Lipinski definition) is 1. The van der Waals surface area contributed by atoms with E-state index in [1.54, 1.807) is 6.92 Å². The molecule has 0 amide bonds. The largest absolute Gasteiger partial charge is 1.00 e. The first kappa shape index (κ1) is 26.4. The zero-order chi connectivity index (χ0) is 18.4. The van der Waals surface area contributed by atoms with Gasteiger partial charge in [-0.3, -0.25) is 4.79 Å². The van der Waals surface area contributed by atoms with Gasteiger partial charge < -0.3 is 31.3 Å². The van der Waals surface area contributed by atoms with Crippen LogP contribution < -0.4 is 17.0 Å². The van der Waals surface area contributed by atoms with Gasteiger partial charge in [0.15, 0.2) is 0 Å². The Bertz CT molecular complexity index is 397. The Morgan fingerprint density at radius 3 is 1.88 bits per heavy atom. The minimum atomic E-state index is -0.690. The topological polar surface area (TPSA) is 63.6 Å². The van der Waals surface area contributed by atoms with Crippen LogP contribution in [-0.4, -0.2) is 55.3 Å². The van der Waals surface area contributed by atoms with Gasteiger partial charge in [-0.2, -0.15) is 0 Å². The number of carboxylic acids is 1. The highest BCUT2D eigenvalue weighted by Crippen LogP contribution is 2.11. The van der Waals surface area contributed by atoms with Crippen molar-refractivity contribution in [1.29, 1.82) is 0 Å². The molecule has 0 saturated heterocycles. The molecule has 1 N–H and O–H groups in total. The van der Waals surface area contributed by atoms with Crippen molar-refractivity contribution in [3.05, 3.63) is 12.2 Å². The molecule has 0 rings (SSSR count). The van der Waals surface area contributed by atoms with E-state index in [0.29, 0.717) is 18.6 Å². The van der Waals surface area contributed by atoms with Crippen LogP contribution in [-0.2, 0) is 14.3 Å². The van der Waals surface area contributed by atoms with Crippen LogP contribution in [0.4, 0.5) is 0 Å². The van der Waals surface area contributed by atoms with E-state index in [4.69, 9.17) is 9.84 Å². The molecule has 0 bridgehead atoms. The third-order valence-electron chi connectivity index (χ3n) is 4.18. The summed E-state index contributed by atoms with van der Waals surface area (Å²) in [7, 11) is 4.33. The number of nitrogens with zero attached hydrogens (tertiary/aromatic N) is 1. The molecule has 0 aliphatic rings. The number of ether oxygens (including phenoxy) is 1. The zero-order valence-corrected chi connectivity index (χ0v) is 17.8. The van der Waals surface area contributed by atoms with Gasteiger partial charge in [0.2, 0.25) is 0 Å².